The molecule has 2 N–H and O–H groups in total. The van der Waals surface area contributed by atoms with Crippen molar-refractivity contribution >= 4 is 11.8 Å². The normalized spacial score (nSPS) is 10.3. The Bertz CT molecular complexity index is 331. The van der Waals surface area contributed by atoms with Gasteiger partial charge in [0, 0.05) is 23.9 Å². The van der Waals surface area contributed by atoms with Gasteiger partial charge in [-0.2, -0.15) is 11.8 Å². The third-order valence-corrected chi connectivity index (χ3v) is 2.85. The Morgan fingerprint density at radius 1 is 1.24 bits per heavy atom. The minimum absolute atomic E-state index is 0.489. The molecule has 0 amide bonds. The third-order valence-electron chi connectivity index (χ3n) is 2.28. The Hall–Kier alpha value is -0.870. The average molecular weight is 255 g/mol. The van der Waals surface area contributed by atoms with E-state index in [0.29, 0.717) is 13.2 Å². The standard InChI is InChI=1S/C13H21NO2S/c1-3-6-15-12-5-4-11(10-14)13(9-12)16-7-8-17-2/h4-5,9H,3,6-8,10,14H2,1-2H3. The van der Waals surface area contributed by atoms with E-state index in [4.69, 9.17) is 15.2 Å². The maximum atomic E-state index is 5.71. The first-order valence-electron chi connectivity index (χ1n) is 5.89. The van der Waals surface area contributed by atoms with Gasteiger partial charge in [0.2, 0.25) is 0 Å². The molecule has 0 aliphatic rings. The maximum absolute atomic E-state index is 5.71. The molecule has 3 nitrogen and oxygen atoms in total. The highest BCUT2D eigenvalue weighted by Gasteiger charge is 2.04. The summed E-state index contributed by atoms with van der Waals surface area (Å²) in [6, 6.07) is 5.84. The molecular weight excluding hydrogens is 234 g/mol. The van der Waals surface area contributed by atoms with Gasteiger partial charge >= 0.3 is 0 Å². The molecule has 0 bridgehead atoms. The molecule has 4 heteroatoms. The van der Waals surface area contributed by atoms with Crippen molar-refractivity contribution in [2.45, 2.75) is 19.9 Å². The third kappa shape index (κ3) is 4.88. The lowest BCUT2D eigenvalue weighted by Crippen LogP contribution is -2.06. The lowest BCUT2D eigenvalue weighted by molar-refractivity contribution is 0.308. The Labute approximate surface area is 108 Å². The molecule has 0 unspecified atom stereocenters. The Morgan fingerprint density at radius 2 is 2.06 bits per heavy atom. The van der Waals surface area contributed by atoms with Crippen molar-refractivity contribution in [1.82, 2.24) is 0 Å². The molecule has 0 saturated heterocycles. The predicted molar refractivity (Wildman–Crippen MR) is 74.0 cm³/mol. The smallest absolute Gasteiger partial charge is 0.127 e. The number of nitrogens with two attached hydrogens (primary N) is 1. The fourth-order valence-corrected chi connectivity index (χ4v) is 1.63. The topological polar surface area (TPSA) is 44.5 Å². The molecule has 0 heterocycles. The molecule has 0 aliphatic heterocycles. The molecule has 96 valence electrons. The van der Waals surface area contributed by atoms with Crippen molar-refractivity contribution in [2.75, 3.05) is 25.2 Å². The van der Waals surface area contributed by atoms with Crippen molar-refractivity contribution < 1.29 is 9.47 Å². The molecule has 0 aliphatic carbocycles. The first-order valence-corrected chi connectivity index (χ1v) is 7.28. The van der Waals surface area contributed by atoms with Crippen LogP contribution in [0.3, 0.4) is 0 Å². The largest absolute Gasteiger partial charge is 0.493 e. The Balaban J connectivity index is 2.68. The van der Waals surface area contributed by atoms with E-state index in [-0.39, 0.29) is 0 Å². The van der Waals surface area contributed by atoms with Crippen LogP contribution in [0.2, 0.25) is 0 Å². The monoisotopic (exact) mass is 255 g/mol. The molecule has 0 spiro atoms. The highest BCUT2D eigenvalue weighted by molar-refractivity contribution is 7.98. The van der Waals surface area contributed by atoms with Crippen LogP contribution in [0.15, 0.2) is 18.2 Å². The summed E-state index contributed by atoms with van der Waals surface area (Å²) >= 11 is 1.76. The highest BCUT2D eigenvalue weighted by atomic mass is 32.2. The Morgan fingerprint density at radius 3 is 2.71 bits per heavy atom. The molecule has 0 saturated carbocycles. The van der Waals surface area contributed by atoms with Gasteiger partial charge in [0.25, 0.3) is 0 Å². The SMILES string of the molecule is CCCOc1ccc(CN)c(OCCSC)c1. The number of rotatable bonds is 8. The lowest BCUT2D eigenvalue weighted by Gasteiger charge is -2.12. The summed E-state index contributed by atoms with van der Waals surface area (Å²) in [6.07, 6.45) is 3.06. The van der Waals surface area contributed by atoms with Gasteiger partial charge in [0.05, 0.1) is 13.2 Å². The van der Waals surface area contributed by atoms with Crippen molar-refractivity contribution in [3.8, 4) is 11.5 Å². The van der Waals surface area contributed by atoms with Crippen LogP contribution < -0.4 is 15.2 Å². The van der Waals surface area contributed by atoms with Gasteiger partial charge in [-0.25, -0.2) is 0 Å². The molecule has 17 heavy (non-hydrogen) atoms. The number of hydrogen-bond donors (Lipinski definition) is 1. The van der Waals surface area contributed by atoms with Crippen molar-refractivity contribution in [3.05, 3.63) is 23.8 Å². The van der Waals surface area contributed by atoms with Crippen LogP contribution in [0.1, 0.15) is 18.9 Å². The van der Waals surface area contributed by atoms with Crippen molar-refractivity contribution in [3.63, 3.8) is 0 Å². The Kier molecular flexibility index (Phi) is 6.89. The van der Waals surface area contributed by atoms with E-state index in [1.807, 2.05) is 18.2 Å². The van der Waals surface area contributed by atoms with E-state index in [1.165, 1.54) is 0 Å². The van der Waals surface area contributed by atoms with E-state index in [1.54, 1.807) is 11.8 Å². The minimum Gasteiger partial charge on any atom is -0.493 e. The van der Waals surface area contributed by atoms with Gasteiger partial charge in [-0.3, -0.25) is 0 Å². The molecule has 1 aromatic carbocycles. The molecule has 0 radical (unpaired) electrons. The quantitative estimate of drug-likeness (QED) is 0.725. The van der Waals surface area contributed by atoms with Crippen LogP contribution in [-0.2, 0) is 6.54 Å². The van der Waals surface area contributed by atoms with Crippen LogP contribution >= 0.6 is 11.8 Å². The van der Waals surface area contributed by atoms with E-state index in [0.717, 1.165) is 35.8 Å². The zero-order chi connectivity index (χ0) is 12.5. The fraction of sp³-hybridized carbons (Fsp3) is 0.538. The predicted octanol–water partition coefficient (Wildman–Crippen LogP) is 2.68. The minimum atomic E-state index is 0.489. The highest BCUT2D eigenvalue weighted by Crippen LogP contribution is 2.25. The second kappa shape index (κ2) is 8.25. The van der Waals surface area contributed by atoms with Gasteiger partial charge in [-0.1, -0.05) is 13.0 Å². The van der Waals surface area contributed by atoms with Crippen LogP contribution in [0, 0.1) is 0 Å². The molecule has 0 aromatic heterocycles. The molecule has 1 aromatic rings. The zero-order valence-electron chi connectivity index (χ0n) is 10.6. The van der Waals surface area contributed by atoms with Crippen LogP contribution in [0.25, 0.3) is 0 Å². The summed E-state index contributed by atoms with van der Waals surface area (Å²) in [6.45, 7) is 4.00. The van der Waals surface area contributed by atoms with Crippen molar-refractivity contribution in [2.24, 2.45) is 5.73 Å². The van der Waals surface area contributed by atoms with Gasteiger partial charge in [0.15, 0.2) is 0 Å². The summed E-state index contributed by atoms with van der Waals surface area (Å²) in [5, 5.41) is 0. The van der Waals surface area contributed by atoms with Gasteiger partial charge in [-0.05, 0) is 18.7 Å². The molecule has 0 fully saturated rings. The summed E-state index contributed by atoms with van der Waals surface area (Å²) in [5.41, 5.74) is 6.70. The first kappa shape index (κ1) is 14.2. The molecular formula is C13H21NO2S. The summed E-state index contributed by atoms with van der Waals surface area (Å²) < 4.78 is 11.3. The van der Waals surface area contributed by atoms with Crippen LogP contribution in [0.5, 0.6) is 11.5 Å². The van der Waals surface area contributed by atoms with Gasteiger partial charge < -0.3 is 15.2 Å². The van der Waals surface area contributed by atoms with E-state index < -0.39 is 0 Å². The number of benzene rings is 1. The number of ether oxygens (including phenoxy) is 2. The first-order chi connectivity index (χ1) is 8.31. The van der Waals surface area contributed by atoms with Crippen molar-refractivity contribution in [1.29, 1.82) is 0 Å². The lowest BCUT2D eigenvalue weighted by atomic mass is 10.2. The van der Waals surface area contributed by atoms with Gasteiger partial charge in [-0.15, -0.1) is 0 Å². The average Bonchev–Trinajstić information content (AvgIpc) is 2.37. The van der Waals surface area contributed by atoms with E-state index in [2.05, 4.69) is 13.2 Å². The number of thioether (sulfide) groups is 1. The fourth-order valence-electron chi connectivity index (χ4n) is 1.38. The van der Waals surface area contributed by atoms with Crippen LogP contribution in [-0.4, -0.2) is 25.2 Å². The maximum Gasteiger partial charge on any atom is 0.127 e. The summed E-state index contributed by atoms with van der Waals surface area (Å²) in [4.78, 5) is 0. The molecule has 1 rings (SSSR count). The summed E-state index contributed by atoms with van der Waals surface area (Å²) in [7, 11) is 0. The van der Waals surface area contributed by atoms with E-state index >= 15 is 0 Å². The van der Waals surface area contributed by atoms with E-state index in [9.17, 15) is 0 Å². The van der Waals surface area contributed by atoms with Crippen LogP contribution in [0.4, 0.5) is 0 Å². The second-order valence-electron chi connectivity index (χ2n) is 3.66. The molecule has 0 atom stereocenters. The van der Waals surface area contributed by atoms with Gasteiger partial charge in [0.1, 0.15) is 11.5 Å². The zero-order valence-corrected chi connectivity index (χ0v) is 11.4. The second-order valence-corrected chi connectivity index (χ2v) is 4.65. The summed E-state index contributed by atoms with van der Waals surface area (Å²) in [5.74, 6) is 2.67. The number of hydrogen-bond acceptors (Lipinski definition) is 4.